The fourth-order valence-corrected chi connectivity index (χ4v) is 1.89. The van der Waals surface area contributed by atoms with Crippen LogP contribution >= 0.6 is 27.5 Å². The number of halogens is 3. The molecular formula is C7H6BrClFNO2S. The molecule has 0 spiro atoms. The third kappa shape index (κ3) is 3.11. The van der Waals surface area contributed by atoms with Crippen molar-refractivity contribution < 1.29 is 12.8 Å². The van der Waals surface area contributed by atoms with Crippen LogP contribution < -0.4 is 4.72 Å². The van der Waals surface area contributed by atoms with Gasteiger partial charge in [-0.1, -0.05) is 27.5 Å². The summed E-state index contributed by atoms with van der Waals surface area (Å²) in [5.74, 6) is -0.554. The molecule has 0 radical (unpaired) electrons. The predicted octanol–water partition coefficient (Wildman–Crippen LogP) is 2.57. The van der Waals surface area contributed by atoms with Crippen LogP contribution in [0.2, 0.25) is 5.02 Å². The van der Waals surface area contributed by atoms with Crippen molar-refractivity contribution in [1.82, 2.24) is 0 Å². The first-order chi connectivity index (χ1) is 6.44. The summed E-state index contributed by atoms with van der Waals surface area (Å²) in [6.07, 6.45) is 0. The van der Waals surface area contributed by atoms with Crippen LogP contribution in [0.4, 0.5) is 10.1 Å². The molecule has 0 heterocycles. The molecule has 0 aliphatic heterocycles. The first-order valence-electron chi connectivity index (χ1n) is 3.46. The van der Waals surface area contributed by atoms with Crippen molar-refractivity contribution in [3.05, 3.63) is 29.0 Å². The van der Waals surface area contributed by atoms with E-state index in [1.54, 1.807) is 0 Å². The van der Waals surface area contributed by atoms with Gasteiger partial charge >= 0.3 is 0 Å². The second kappa shape index (κ2) is 4.46. The molecule has 1 aromatic carbocycles. The number of alkyl halides is 1. The Morgan fingerprint density at radius 1 is 1.50 bits per heavy atom. The van der Waals surface area contributed by atoms with Crippen LogP contribution in [-0.2, 0) is 10.0 Å². The summed E-state index contributed by atoms with van der Waals surface area (Å²) < 4.78 is 36.8. The SMILES string of the molecule is O=S(=O)(CBr)Nc1cc(F)ccc1Cl. The monoisotopic (exact) mass is 301 g/mol. The quantitative estimate of drug-likeness (QED) is 0.872. The third-order valence-electron chi connectivity index (χ3n) is 1.34. The van der Waals surface area contributed by atoms with Gasteiger partial charge < -0.3 is 0 Å². The van der Waals surface area contributed by atoms with Gasteiger partial charge in [-0.05, 0) is 18.2 Å². The van der Waals surface area contributed by atoms with E-state index in [1.165, 1.54) is 6.07 Å². The second-order valence-electron chi connectivity index (χ2n) is 2.45. The molecule has 78 valence electrons. The molecule has 0 saturated carbocycles. The van der Waals surface area contributed by atoms with Crippen LogP contribution in [0, 0.1) is 5.82 Å². The summed E-state index contributed by atoms with van der Waals surface area (Å²) >= 11 is 8.43. The molecular weight excluding hydrogens is 297 g/mol. The highest BCUT2D eigenvalue weighted by atomic mass is 79.9. The van der Waals surface area contributed by atoms with Crippen molar-refractivity contribution in [1.29, 1.82) is 0 Å². The first-order valence-corrected chi connectivity index (χ1v) is 6.61. The zero-order valence-corrected chi connectivity index (χ0v) is 9.96. The third-order valence-corrected chi connectivity index (χ3v) is 4.29. The van der Waals surface area contributed by atoms with Gasteiger partial charge in [0.1, 0.15) is 10.5 Å². The van der Waals surface area contributed by atoms with Crippen molar-refractivity contribution in [2.45, 2.75) is 0 Å². The van der Waals surface area contributed by atoms with E-state index in [-0.39, 0.29) is 15.4 Å². The number of sulfonamides is 1. The first kappa shape index (κ1) is 11.7. The molecule has 3 nitrogen and oxygen atoms in total. The van der Waals surface area contributed by atoms with Gasteiger partial charge in [0.05, 0.1) is 10.7 Å². The topological polar surface area (TPSA) is 46.2 Å². The van der Waals surface area contributed by atoms with Crippen molar-refractivity contribution in [3.8, 4) is 0 Å². The molecule has 0 bridgehead atoms. The molecule has 1 aromatic rings. The van der Waals surface area contributed by atoms with Gasteiger partial charge in [0.2, 0.25) is 10.0 Å². The standard InChI is InChI=1S/C7H6BrClFNO2S/c8-4-14(12,13)11-7-3-5(10)1-2-6(7)9/h1-3,11H,4H2. The maximum absolute atomic E-state index is 12.7. The average Bonchev–Trinajstić information content (AvgIpc) is 2.11. The fraction of sp³-hybridized carbons (Fsp3) is 0.143. The van der Waals surface area contributed by atoms with Crippen molar-refractivity contribution >= 4 is 43.2 Å². The molecule has 0 fully saturated rings. The van der Waals surface area contributed by atoms with E-state index in [9.17, 15) is 12.8 Å². The minimum atomic E-state index is -3.50. The normalized spacial score (nSPS) is 11.4. The Morgan fingerprint density at radius 3 is 2.71 bits per heavy atom. The average molecular weight is 303 g/mol. The van der Waals surface area contributed by atoms with E-state index >= 15 is 0 Å². The minimum Gasteiger partial charge on any atom is -0.281 e. The molecule has 0 unspecified atom stereocenters. The second-order valence-corrected chi connectivity index (χ2v) is 5.88. The largest absolute Gasteiger partial charge is 0.281 e. The Kier molecular flexibility index (Phi) is 3.74. The zero-order valence-electron chi connectivity index (χ0n) is 6.80. The lowest BCUT2D eigenvalue weighted by atomic mass is 10.3. The summed E-state index contributed by atoms with van der Waals surface area (Å²) in [6.45, 7) is 0. The van der Waals surface area contributed by atoms with Gasteiger partial charge in [-0.3, -0.25) is 4.72 Å². The molecule has 0 atom stereocenters. The Balaban J connectivity index is 3.03. The molecule has 0 amide bonds. The number of hydrogen-bond donors (Lipinski definition) is 1. The van der Waals surface area contributed by atoms with Gasteiger partial charge in [0.25, 0.3) is 0 Å². The lowest BCUT2D eigenvalue weighted by Crippen LogP contribution is -2.13. The van der Waals surface area contributed by atoms with E-state index in [4.69, 9.17) is 11.6 Å². The maximum atomic E-state index is 12.7. The van der Waals surface area contributed by atoms with Gasteiger partial charge in [-0.25, -0.2) is 12.8 Å². The highest BCUT2D eigenvalue weighted by Crippen LogP contribution is 2.23. The van der Waals surface area contributed by atoms with E-state index in [0.717, 1.165) is 12.1 Å². The van der Waals surface area contributed by atoms with Crippen molar-refractivity contribution in [3.63, 3.8) is 0 Å². The smallest absolute Gasteiger partial charge is 0.242 e. The van der Waals surface area contributed by atoms with Crippen LogP contribution in [0.1, 0.15) is 0 Å². The van der Waals surface area contributed by atoms with Crippen LogP contribution in [0.15, 0.2) is 18.2 Å². The summed E-state index contributed by atoms with van der Waals surface area (Å²) in [5, 5.41) is 0.149. The molecule has 0 aromatic heterocycles. The maximum Gasteiger partial charge on any atom is 0.242 e. The lowest BCUT2D eigenvalue weighted by molar-refractivity contribution is 0.606. The molecule has 0 saturated heterocycles. The molecule has 1 rings (SSSR count). The van der Waals surface area contributed by atoms with Crippen molar-refractivity contribution in [2.24, 2.45) is 0 Å². The van der Waals surface area contributed by atoms with Gasteiger partial charge in [-0.15, -0.1) is 0 Å². The Labute approximate surface area is 94.4 Å². The predicted molar refractivity (Wildman–Crippen MR) is 57.7 cm³/mol. The summed E-state index contributed by atoms with van der Waals surface area (Å²) in [5.41, 5.74) is 0.0334. The molecule has 0 aliphatic rings. The van der Waals surface area contributed by atoms with Gasteiger partial charge in [0, 0.05) is 0 Å². The fourth-order valence-electron chi connectivity index (χ4n) is 0.771. The molecule has 1 N–H and O–H groups in total. The molecule has 0 aliphatic carbocycles. The van der Waals surface area contributed by atoms with Crippen LogP contribution in [-0.4, -0.2) is 13.1 Å². The Hall–Kier alpha value is -0.330. The van der Waals surface area contributed by atoms with E-state index in [2.05, 4.69) is 20.7 Å². The van der Waals surface area contributed by atoms with E-state index in [1.807, 2.05) is 0 Å². The van der Waals surface area contributed by atoms with Crippen molar-refractivity contribution in [2.75, 3.05) is 9.38 Å². The highest BCUT2D eigenvalue weighted by Gasteiger charge is 2.10. The van der Waals surface area contributed by atoms with Gasteiger partial charge in [-0.2, -0.15) is 0 Å². The number of rotatable bonds is 3. The summed E-state index contributed by atoms with van der Waals surface area (Å²) in [7, 11) is -3.50. The number of benzene rings is 1. The number of nitrogens with one attached hydrogen (secondary N) is 1. The number of anilines is 1. The molecule has 14 heavy (non-hydrogen) atoms. The van der Waals surface area contributed by atoms with E-state index in [0.29, 0.717) is 0 Å². The van der Waals surface area contributed by atoms with Gasteiger partial charge in [0.15, 0.2) is 0 Å². The van der Waals surface area contributed by atoms with Crippen LogP contribution in [0.5, 0.6) is 0 Å². The van der Waals surface area contributed by atoms with E-state index < -0.39 is 15.8 Å². The highest BCUT2D eigenvalue weighted by molar-refractivity contribution is 9.10. The molecule has 7 heteroatoms. The summed E-state index contributed by atoms with van der Waals surface area (Å²) in [4.78, 5) is 0. The number of hydrogen-bond acceptors (Lipinski definition) is 2. The Morgan fingerprint density at radius 2 is 2.14 bits per heavy atom. The summed E-state index contributed by atoms with van der Waals surface area (Å²) in [6, 6.07) is 3.44. The van der Waals surface area contributed by atoms with Crippen LogP contribution in [0.25, 0.3) is 0 Å². The Bertz CT molecular complexity index is 437. The lowest BCUT2D eigenvalue weighted by Gasteiger charge is -2.06. The van der Waals surface area contributed by atoms with Crippen LogP contribution in [0.3, 0.4) is 0 Å². The zero-order chi connectivity index (χ0) is 10.8. The minimum absolute atomic E-state index is 0.0334.